The van der Waals surface area contributed by atoms with Crippen LogP contribution in [0.5, 0.6) is 0 Å². The third kappa shape index (κ3) is 19.9. The average Bonchev–Trinajstić information content (AvgIpc) is 2.76. The predicted octanol–water partition coefficient (Wildman–Crippen LogP) is 1.97. The summed E-state index contributed by atoms with van der Waals surface area (Å²) < 4.78 is 16.8. The van der Waals surface area contributed by atoms with Crippen LogP contribution in [0.1, 0.15) is 75.2 Å². The summed E-state index contributed by atoms with van der Waals surface area (Å²) in [5.41, 5.74) is 4.20. The molecule has 0 aliphatic carbocycles. The molecular formula is C30H59N5O6. The number of ether oxygens (including phenoxy) is 3. The lowest BCUT2D eigenvalue weighted by Crippen LogP contribution is -2.47. The lowest BCUT2D eigenvalue weighted by atomic mass is 10.2. The molecule has 0 aromatic carbocycles. The van der Waals surface area contributed by atoms with Gasteiger partial charge in [0, 0.05) is 52.4 Å². The summed E-state index contributed by atoms with van der Waals surface area (Å²) in [5.74, 6) is -0.832. The van der Waals surface area contributed by atoms with Gasteiger partial charge in [-0.2, -0.15) is 0 Å². The second-order valence-electron chi connectivity index (χ2n) is 13.9. The highest BCUT2D eigenvalue weighted by atomic mass is 16.6. The monoisotopic (exact) mass is 585 g/mol. The summed E-state index contributed by atoms with van der Waals surface area (Å²) >= 11 is 0. The molecule has 0 spiro atoms. The van der Waals surface area contributed by atoms with Crippen LogP contribution in [0.4, 0.5) is 0 Å². The van der Waals surface area contributed by atoms with Crippen LogP contribution in [0.2, 0.25) is 0 Å². The minimum absolute atomic E-state index is 0.122. The van der Waals surface area contributed by atoms with Crippen molar-refractivity contribution in [2.75, 3.05) is 85.1 Å². The summed E-state index contributed by atoms with van der Waals surface area (Å²) in [4.78, 5) is 46.8. The zero-order chi connectivity index (χ0) is 31.3. The van der Waals surface area contributed by atoms with Crippen molar-refractivity contribution in [1.82, 2.24) is 19.6 Å². The molecule has 1 saturated heterocycles. The molecule has 1 aliphatic heterocycles. The molecule has 0 bridgehead atoms. The van der Waals surface area contributed by atoms with Crippen molar-refractivity contribution in [2.45, 2.75) is 92.0 Å². The third-order valence-corrected chi connectivity index (χ3v) is 6.16. The van der Waals surface area contributed by atoms with Crippen LogP contribution in [0.25, 0.3) is 0 Å². The minimum atomic E-state index is -0.586. The van der Waals surface area contributed by atoms with Crippen LogP contribution in [-0.2, 0) is 28.6 Å². The van der Waals surface area contributed by atoms with Gasteiger partial charge in [-0.3, -0.25) is 29.1 Å². The van der Waals surface area contributed by atoms with Gasteiger partial charge in [0.05, 0.1) is 19.6 Å². The fraction of sp³-hybridized carbons (Fsp3) is 0.900. The molecule has 41 heavy (non-hydrogen) atoms. The van der Waals surface area contributed by atoms with E-state index in [0.29, 0.717) is 39.3 Å². The number of hydrogen-bond acceptors (Lipinski definition) is 11. The Hall–Kier alpha value is -1.79. The Morgan fingerprint density at radius 2 is 0.780 bits per heavy atom. The van der Waals surface area contributed by atoms with Gasteiger partial charge in [0.15, 0.2) is 0 Å². The Morgan fingerprint density at radius 1 is 0.512 bits per heavy atom. The molecular weight excluding hydrogens is 526 g/mol. The molecule has 1 aliphatic rings. The lowest BCUT2D eigenvalue weighted by Gasteiger charge is -2.32. The highest BCUT2D eigenvalue weighted by Gasteiger charge is 2.24. The standard InChI is InChI=1S/C30H59N5O6/c1-28(2,3)39-25(36)22-33-14-11-10-13-32(15-12-31)16-17-34(23-26(37)40-29(4,5)6)20-21-35(19-18-33)24-27(38)41-30(7,8)9/h10-24,31H2,1-9H3. The predicted molar refractivity (Wildman–Crippen MR) is 162 cm³/mol. The van der Waals surface area contributed by atoms with Gasteiger partial charge in [-0.25, -0.2) is 0 Å². The molecule has 0 amide bonds. The van der Waals surface area contributed by atoms with Gasteiger partial charge in [-0.05, 0) is 88.2 Å². The highest BCUT2D eigenvalue weighted by molar-refractivity contribution is 5.73. The van der Waals surface area contributed by atoms with Gasteiger partial charge in [0.25, 0.3) is 0 Å². The molecule has 0 aromatic heterocycles. The first-order valence-electron chi connectivity index (χ1n) is 15.1. The topological polar surface area (TPSA) is 118 Å². The van der Waals surface area contributed by atoms with Gasteiger partial charge in [-0.15, -0.1) is 0 Å². The van der Waals surface area contributed by atoms with Crippen LogP contribution in [0.15, 0.2) is 0 Å². The Balaban J connectivity index is 3.13. The maximum absolute atomic E-state index is 12.8. The molecule has 2 N–H and O–H groups in total. The second-order valence-corrected chi connectivity index (χ2v) is 13.9. The molecule has 0 radical (unpaired) electrons. The Labute approximate surface area is 249 Å². The SMILES string of the molecule is CC(C)(C)OC(=O)CN1CCCCN(CCN)CCN(CC(=O)OC(C)(C)C)CCN(CC(=O)OC(C)(C)C)CC1. The van der Waals surface area contributed by atoms with Crippen molar-refractivity contribution in [3.63, 3.8) is 0 Å². The van der Waals surface area contributed by atoms with Gasteiger partial charge in [0.2, 0.25) is 0 Å². The van der Waals surface area contributed by atoms with E-state index in [9.17, 15) is 14.4 Å². The van der Waals surface area contributed by atoms with Crippen LogP contribution < -0.4 is 5.73 Å². The summed E-state index contributed by atoms with van der Waals surface area (Å²) in [5, 5.41) is 0. The van der Waals surface area contributed by atoms with Crippen molar-refractivity contribution in [1.29, 1.82) is 0 Å². The number of nitrogens with zero attached hydrogens (tertiary/aromatic N) is 4. The third-order valence-electron chi connectivity index (χ3n) is 6.16. The van der Waals surface area contributed by atoms with Gasteiger partial charge < -0.3 is 24.8 Å². The molecule has 0 atom stereocenters. The minimum Gasteiger partial charge on any atom is -0.459 e. The number of rotatable bonds is 8. The smallest absolute Gasteiger partial charge is 0.320 e. The van der Waals surface area contributed by atoms with E-state index < -0.39 is 16.8 Å². The maximum atomic E-state index is 12.8. The van der Waals surface area contributed by atoms with Crippen molar-refractivity contribution in [3.8, 4) is 0 Å². The largest absolute Gasteiger partial charge is 0.459 e. The van der Waals surface area contributed by atoms with Crippen molar-refractivity contribution >= 4 is 17.9 Å². The fourth-order valence-electron chi connectivity index (χ4n) is 4.52. The van der Waals surface area contributed by atoms with Crippen LogP contribution in [0, 0.1) is 0 Å². The van der Waals surface area contributed by atoms with Crippen LogP contribution in [0.3, 0.4) is 0 Å². The Morgan fingerprint density at radius 3 is 1.07 bits per heavy atom. The molecule has 0 aromatic rings. The molecule has 1 fully saturated rings. The summed E-state index contributed by atoms with van der Waals surface area (Å²) in [6.45, 7) is 23.9. The van der Waals surface area contributed by atoms with E-state index in [1.54, 1.807) is 0 Å². The molecule has 240 valence electrons. The number of esters is 3. The Kier molecular flexibility index (Phi) is 15.8. The number of hydrogen-bond donors (Lipinski definition) is 1. The molecule has 0 unspecified atom stereocenters. The summed E-state index contributed by atoms with van der Waals surface area (Å²) in [6, 6.07) is 0. The summed E-state index contributed by atoms with van der Waals surface area (Å²) in [6.07, 6.45) is 1.87. The number of carbonyl (C=O) groups is 3. The first-order valence-corrected chi connectivity index (χ1v) is 15.1. The fourth-order valence-corrected chi connectivity index (χ4v) is 4.52. The highest BCUT2D eigenvalue weighted by Crippen LogP contribution is 2.11. The zero-order valence-electron chi connectivity index (χ0n) is 27.4. The second kappa shape index (κ2) is 17.4. The molecule has 11 heteroatoms. The van der Waals surface area contributed by atoms with Crippen molar-refractivity contribution in [2.24, 2.45) is 5.73 Å². The average molecular weight is 586 g/mol. The molecule has 1 rings (SSSR count). The van der Waals surface area contributed by atoms with Crippen LogP contribution >= 0.6 is 0 Å². The van der Waals surface area contributed by atoms with Gasteiger partial charge >= 0.3 is 17.9 Å². The van der Waals surface area contributed by atoms with E-state index in [-0.39, 0.29) is 37.5 Å². The quantitative estimate of drug-likeness (QED) is 0.333. The molecule has 0 saturated carbocycles. The zero-order valence-corrected chi connectivity index (χ0v) is 27.4. The van der Waals surface area contributed by atoms with Crippen LogP contribution in [-0.4, -0.2) is 139 Å². The number of nitrogens with two attached hydrogens (primary N) is 1. The van der Waals surface area contributed by atoms with Gasteiger partial charge in [-0.1, -0.05) is 0 Å². The molecule has 1 heterocycles. The molecule has 11 nitrogen and oxygen atoms in total. The normalized spacial score (nSPS) is 18.9. The Bertz CT molecular complexity index is 803. The van der Waals surface area contributed by atoms with E-state index in [1.165, 1.54) is 0 Å². The van der Waals surface area contributed by atoms with E-state index in [0.717, 1.165) is 39.0 Å². The van der Waals surface area contributed by atoms with E-state index >= 15 is 0 Å². The van der Waals surface area contributed by atoms with Crippen molar-refractivity contribution < 1.29 is 28.6 Å². The van der Waals surface area contributed by atoms with E-state index in [1.807, 2.05) is 67.2 Å². The maximum Gasteiger partial charge on any atom is 0.320 e. The summed E-state index contributed by atoms with van der Waals surface area (Å²) in [7, 11) is 0. The van der Waals surface area contributed by atoms with E-state index in [4.69, 9.17) is 19.9 Å². The lowest BCUT2D eigenvalue weighted by molar-refractivity contribution is -0.158. The number of carbonyl (C=O) groups excluding carboxylic acids is 3. The van der Waals surface area contributed by atoms with E-state index in [2.05, 4.69) is 14.7 Å². The van der Waals surface area contributed by atoms with Gasteiger partial charge in [0.1, 0.15) is 16.8 Å². The first-order chi connectivity index (χ1) is 18.8. The van der Waals surface area contributed by atoms with Crippen molar-refractivity contribution in [3.05, 3.63) is 0 Å². The first kappa shape index (κ1) is 37.2.